The van der Waals surface area contributed by atoms with Gasteiger partial charge in [-0.1, -0.05) is 18.2 Å². The lowest BCUT2D eigenvalue weighted by atomic mass is 9.93. The molecule has 0 radical (unpaired) electrons. The highest BCUT2D eigenvalue weighted by Crippen LogP contribution is 2.43. The molecule has 2 aliphatic rings. The molecule has 4 rings (SSSR count). The summed E-state index contributed by atoms with van der Waals surface area (Å²) in [4.78, 5) is 28.9. The minimum absolute atomic E-state index is 0.0566. The van der Waals surface area contributed by atoms with Crippen LogP contribution >= 0.6 is 0 Å². The zero-order valence-electron chi connectivity index (χ0n) is 14.6. The molecule has 132 valence electrons. The Labute approximate surface area is 152 Å². The molecule has 5 nitrogen and oxygen atoms in total. The lowest BCUT2D eigenvalue weighted by Crippen LogP contribution is -2.26. The van der Waals surface area contributed by atoms with Gasteiger partial charge in [0.25, 0.3) is 5.91 Å². The SMILES string of the molecule is Cc1ccc(NC(=O)[C@H]2C[C@H]3C=C[C@H]2C3)cc1NC(=O)c1ccncc1. The van der Waals surface area contributed by atoms with E-state index in [1.807, 2.05) is 25.1 Å². The average molecular weight is 347 g/mol. The number of nitrogens with one attached hydrogen (secondary N) is 2. The number of nitrogens with zero attached hydrogens (tertiary/aromatic N) is 1. The van der Waals surface area contributed by atoms with Gasteiger partial charge in [0.2, 0.25) is 5.91 Å². The Hall–Kier alpha value is -2.95. The number of fused-ring (bicyclic) bond motifs is 2. The number of aryl methyl sites for hydroxylation is 1. The van der Waals surface area contributed by atoms with Gasteiger partial charge < -0.3 is 10.6 Å². The zero-order valence-corrected chi connectivity index (χ0v) is 14.6. The molecule has 5 heteroatoms. The number of carbonyl (C=O) groups is 2. The number of aromatic nitrogens is 1. The standard InChI is InChI=1S/C21H21N3O2/c1-13-2-5-17(23-21(26)18-11-14-3-4-16(18)10-14)12-19(13)24-20(25)15-6-8-22-9-7-15/h2-9,12,14,16,18H,10-11H2,1H3,(H,23,26)(H,24,25)/t14-,16-,18-/m0/s1. The molecule has 0 unspecified atom stereocenters. The van der Waals surface area contributed by atoms with Crippen LogP contribution in [0.4, 0.5) is 11.4 Å². The van der Waals surface area contributed by atoms with Crippen molar-refractivity contribution in [3.63, 3.8) is 0 Å². The van der Waals surface area contributed by atoms with E-state index in [2.05, 4.69) is 27.8 Å². The van der Waals surface area contributed by atoms with E-state index < -0.39 is 0 Å². The van der Waals surface area contributed by atoms with Crippen molar-refractivity contribution >= 4 is 23.2 Å². The summed E-state index contributed by atoms with van der Waals surface area (Å²) in [6.07, 6.45) is 9.61. The molecule has 1 fully saturated rings. The first kappa shape index (κ1) is 16.5. The Morgan fingerprint density at radius 2 is 1.85 bits per heavy atom. The number of amides is 2. The van der Waals surface area contributed by atoms with Crippen molar-refractivity contribution < 1.29 is 9.59 Å². The van der Waals surface area contributed by atoms with Gasteiger partial charge in [0.1, 0.15) is 0 Å². The fraction of sp³-hybridized carbons (Fsp3) is 0.286. The molecule has 0 spiro atoms. The Morgan fingerprint density at radius 3 is 2.54 bits per heavy atom. The molecule has 2 N–H and O–H groups in total. The van der Waals surface area contributed by atoms with Gasteiger partial charge in [-0.05, 0) is 61.4 Å². The maximum Gasteiger partial charge on any atom is 0.255 e. The normalized spacial score (nSPS) is 23.0. The van der Waals surface area contributed by atoms with E-state index in [0.29, 0.717) is 28.8 Å². The van der Waals surface area contributed by atoms with Crippen molar-refractivity contribution in [3.05, 3.63) is 66.0 Å². The number of carbonyl (C=O) groups excluding carboxylic acids is 2. The second-order valence-electron chi connectivity index (χ2n) is 7.10. The van der Waals surface area contributed by atoms with Crippen molar-refractivity contribution in [3.8, 4) is 0 Å². The Bertz CT molecular complexity index is 876. The van der Waals surface area contributed by atoms with Crippen LogP contribution in [0.1, 0.15) is 28.8 Å². The Morgan fingerprint density at radius 1 is 1.04 bits per heavy atom. The predicted octanol–water partition coefficient (Wildman–Crippen LogP) is 3.79. The number of pyridine rings is 1. The Balaban J connectivity index is 1.47. The van der Waals surface area contributed by atoms with Gasteiger partial charge in [0.15, 0.2) is 0 Å². The molecule has 1 aromatic carbocycles. The van der Waals surface area contributed by atoms with Crippen LogP contribution in [0.3, 0.4) is 0 Å². The van der Waals surface area contributed by atoms with E-state index in [1.165, 1.54) is 0 Å². The summed E-state index contributed by atoms with van der Waals surface area (Å²) in [6.45, 7) is 1.93. The molecular formula is C21H21N3O2. The zero-order chi connectivity index (χ0) is 18.1. The molecule has 2 bridgehead atoms. The highest BCUT2D eigenvalue weighted by atomic mass is 16.2. The summed E-state index contributed by atoms with van der Waals surface area (Å²) in [5.74, 6) is 0.857. The lowest BCUT2D eigenvalue weighted by Gasteiger charge is -2.18. The third-order valence-electron chi connectivity index (χ3n) is 5.31. The second kappa shape index (κ2) is 6.75. The maximum absolute atomic E-state index is 12.6. The topological polar surface area (TPSA) is 71.1 Å². The summed E-state index contributed by atoms with van der Waals surface area (Å²) in [5.41, 5.74) is 2.88. The number of hydrogen-bond donors (Lipinski definition) is 2. The highest BCUT2D eigenvalue weighted by Gasteiger charge is 2.39. The molecule has 26 heavy (non-hydrogen) atoms. The minimum atomic E-state index is -0.197. The molecule has 0 aliphatic heterocycles. The van der Waals surface area contributed by atoms with Crippen molar-refractivity contribution in [2.24, 2.45) is 17.8 Å². The second-order valence-corrected chi connectivity index (χ2v) is 7.10. The molecule has 1 aromatic heterocycles. The van der Waals surface area contributed by atoms with Crippen molar-refractivity contribution in [2.75, 3.05) is 10.6 Å². The van der Waals surface area contributed by atoms with Crippen molar-refractivity contribution in [1.29, 1.82) is 0 Å². The van der Waals surface area contributed by atoms with E-state index in [4.69, 9.17) is 0 Å². The van der Waals surface area contributed by atoms with Crippen LogP contribution in [-0.4, -0.2) is 16.8 Å². The molecule has 2 amide bonds. The predicted molar refractivity (Wildman–Crippen MR) is 101 cm³/mol. The minimum Gasteiger partial charge on any atom is -0.326 e. The summed E-state index contributed by atoms with van der Waals surface area (Å²) >= 11 is 0. The van der Waals surface area contributed by atoms with E-state index in [1.54, 1.807) is 24.5 Å². The van der Waals surface area contributed by atoms with Crippen LogP contribution in [0, 0.1) is 24.7 Å². The maximum atomic E-state index is 12.6. The summed E-state index contributed by atoms with van der Waals surface area (Å²) in [5, 5.41) is 5.92. The quantitative estimate of drug-likeness (QED) is 0.827. The van der Waals surface area contributed by atoms with Gasteiger partial charge >= 0.3 is 0 Å². The van der Waals surface area contributed by atoms with Crippen molar-refractivity contribution in [2.45, 2.75) is 19.8 Å². The Kier molecular flexibility index (Phi) is 4.29. The largest absolute Gasteiger partial charge is 0.326 e. The monoisotopic (exact) mass is 347 g/mol. The molecule has 0 saturated heterocycles. The van der Waals surface area contributed by atoms with Gasteiger partial charge in [-0.15, -0.1) is 0 Å². The smallest absolute Gasteiger partial charge is 0.255 e. The number of benzene rings is 1. The van der Waals surface area contributed by atoms with E-state index >= 15 is 0 Å². The van der Waals surface area contributed by atoms with Gasteiger partial charge in [-0.2, -0.15) is 0 Å². The van der Waals surface area contributed by atoms with Crippen LogP contribution < -0.4 is 10.6 Å². The summed E-state index contributed by atoms with van der Waals surface area (Å²) < 4.78 is 0. The van der Waals surface area contributed by atoms with E-state index in [0.717, 1.165) is 18.4 Å². The molecular weight excluding hydrogens is 326 g/mol. The van der Waals surface area contributed by atoms with Gasteiger partial charge in [-0.3, -0.25) is 14.6 Å². The van der Waals surface area contributed by atoms with Gasteiger partial charge in [0.05, 0.1) is 0 Å². The molecule has 2 aromatic rings. The molecule has 1 saturated carbocycles. The fourth-order valence-corrected chi connectivity index (χ4v) is 3.85. The van der Waals surface area contributed by atoms with E-state index in [-0.39, 0.29) is 17.7 Å². The van der Waals surface area contributed by atoms with Crippen LogP contribution in [-0.2, 0) is 4.79 Å². The number of anilines is 2. The third kappa shape index (κ3) is 3.25. The van der Waals surface area contributed by atoms with Crippen molar-refractivity contribution in [1.82, 2.24) is 4.98 Å². The first-order valence-electron chi connectivity index (χ1n) is 8.91. The highest BCUT2D eigenvalue weighted by molar-refractivity contribution is 6.05. The molecule has 1 heterocycles. The fourth-order valence-electron chi connectivity index (χ4n) is 3.85. The lowest BCUT2D eigenvalue weighted by molar-refractivity contribution is -0.120. The van der Waals surface area contributed by atoms with E-state index in [9.17, 15) is 9.59 Å². The van der Waals surface area contributed by atoms with Gasteiger partial charge in [-0.25, -0.2) is 0 Å². The average Bonchev–Trinajstić information content (AvgIpc) is 3.28. The van der Waals surface area contributed by atoms with Crippen LogP contribution in [0.2, 0.25) is 0 Å². The number of allylic oxidation sites excluding steroid dienone is 2. The van der Waals surface area contributed by atoms with Crippen LogP contribution in [0.15, 0.2) is 54.9 Å². The van der Waals surface area contributed by atoms with Gasteiger partial charge in [0, 0.05) is 35.2 Å². The first-order valence-corrected chi connectivity index (χ1v) is 8.91. The molecule has 2 aliphatic carbocycles. The first-order chi connectivity index (χ1) is 12.6. The van der Waals surface area contributed by atoms with Crippen LogP contribution in [0.5, 0.6) is 0 Å². The summed E-state index contributed by atoms with van der Waals surface area (Å²) in [6, 6.07) is 8.92. The van der Waals surface area contributed by atoms with Crippen LogP contribution in [0.25, 0.3) is 0 Å². The third-order valence-corrected chi connectivity index (χ3v) is 5.31. The molecule has 3 atom stereocenters. The number of rotatable bonds is 4. The number of hydrogen-bond acceptors (Lipinski definition) is 3. The summed E-state index contributed by atoms with van der Waals surface area (Å²) in [7, 11) is 0.